The Balaban J connectivity index is 1.22. The smallest absolute Gasteiger partial charge is 0.160 e. The third-order valence-corrected chi connectivity index (χ3v) is 12.3. The van der Waals surface area contributed by atoms with Gasteiger partial charge in [-0.2, -0.15) is 0 Å². The zero-order valence-corrected chi connectivity index (χ0v) is 32.8. The molecule has 0 radical (unpaired) electrons. The predicted molar refractivity (Wildman–Crippen MR) is 252 cm³/mol. The van der Waals surface area contributed by atoms with Gasteiger partial charge in [-0.15, -0.1) is 0 Å². The van der Waals surface area contributed by atoms with Gasteiger partial charge in [0.2, 0.25) is 0 Å². The van der Waals surface area contributed by atoms with Crippen LogP contribution in [0.1, 0.15) is 0 Å². The number of nitrogens with zero attached hydrogens (tertiary/aromatic N) is 4. The lowest BCUT2D eigenvalue weighted by atomic mass is 9.99. The average molecular weight is 779 g/mol. The predicted octanol–water partition coefficient (Wildman–Crippen LogP) is 14.7. The minimum absolute atomic E-state index is 0.672. The van der Waals surface area contributed by atoms with E-state index in [1.54, 1.807) is 0 Å². The molecule has 0 fully saturated rings. The molecule has 61 heavy (non-hydrogen) atoms. The summed E-state index contributed by atoms with van der Waals surface area (Å²) in [5.74, 6) is 0.672. The van der Waals surface area contributed by atoms with Gasteiger partial charge >= 0.3 is 0 Å². The fraction of sp³-hybridized carbons (Fsp3) is 0. The van der Waals surface area contributed by atoms with E-state index in [1.807, 2.05) is 30.3 Å². The summed E-state index contributed by atoms with van der Waals surface area (Å²) in [6.07, 6.45) is 0. The molecule has 0 saturated heterocycles. The molecular formula is C56H34N4O. The van der Waals surface area contributed by atoms with E-state index < -0.39 is 0 Å². The van der Waals surface area contributed by atoms with Crippen molar-refractivity contribution in [2.45, 2.75) is 0 Å². The molecule has 4 aromatic heterocycles. The largest absolute Gasteiger partial charge is 0.455 e. The van der Waals surface area contributed by atoms with Gasteiger partial charge in [0.25, 0.3) is 0 Å². The van der Waals surface area contributed by atoms with E-state index in [0.717, 1.165) is 94.1 Å². The van der Waals surface area contributed by atoms with Crippen LogP contribution < -0.4 is 0 Å². The van der Waals surface area contributed by atoms with Gasteiger partial charge in [-0.3, -0.25) is 0 Å². The summed E-state index contributed by atoms with van der Waals surface area (Å²) in [5, 5.41) is 9.00. The maximum atomic E-state index is 6.94. The van der Waals surface area contributed by atoms with Gasteiger partial charge in [0.05, 0.1) is 38.8 Å². The van der Waals surface area contributed by atoms with Crippen LogP contribution in [0.15, 0.2) is 211 Å². The Hall–Kier alpha value is -8.28. The first kappa shape index (κ1) is 33.7. The van der Waals surface area contributed by atoms with E-state index >= 15 is 0 Å². The lowest BCUT2D eigenvalue weighted by molar-refractivity contribution is 0.673. The van der Waals surface area contributed by atoms with Crippen molar-refractivity contribution in [3.63, 3.8) is 0 Å². The van der Waals surface area contributed by atoms with Crippen molar-refractivity contribution in [2.24, 2.45) is 0 Å². The Kier molecular flexibility index (Phi) is 7.24. The van der Waals surface area contributed by atoms with Crippen LogP contribution in [0.5, 0.6) is 0 Å². The van der Waals surface area contributed by atoms with Gasteiger partial charge in [-0.05, 0) is 60.0 Å². The minimum atomic E-state index is 0.672. The highest BCUT2D eigenvalue weighted by atomic mass is 16.3. The van der Waals surface area contributed by atoms with Crippen LogP contribution in [0.2, 0.25) is 0 Å². The molecule has 13 rings (SSSR count). The number of para-hydroxylation sites is 3. The van der Waals surface area contributed by atoms with Crippen LogP contribution in [-0.4, -0.2) is 19.1 Å². The van der Waals surface area contributed by atoms with Crippen molar-refractivity contribution >= 4 is 76.3 Å². The second-order valence-electron chi connectivity index (χ2n) is 15.7. The third kappa shape index (κ3) is 5.08. The van der Waals surface area contributed by atoms with E-state index in [2.05, 4.69) is 185 Å². The quantitative estimate of drug-likeness (QED) is 0.175. The van der Waals surface area contributed by atoms with Gasteiger partial charge < -0.3 is 13.6 Å². The van der Waals surface area contributed by atoms with E-state index in [1.165, 1.54) is 21.7 Å². The van der Waals surface area contributed by atoms with Crippen molar-refractivity contribution in [1.29, 1.82) is 0 Å². The normalized spacial score (nSPS) is 11.9. The van der Waals surface area contributed by atoms with Gasteiger partial charge in [0.1, 0.15) is 11.2 Å². The number of furan rings is 1. The molecule has 0 aliphatic rings. The van der Waals surface area contributed by atoms with E-state index in [9.17, 15) is 0 Å². The molecular weight excluding hydrogens is 745 g/mol. The monoisotopic (exact) mass is 778 g/mol. The van der Waals surface area contributed by atoms with E-state index in [-0.39, 0.29) is 0 Å². The number of rotatable bonds is 5. The third-order valence-electron chi connectivity index (χ3n) is 12.3. The van der Waals surface area contributed by atoms with Crippen LogP contribution in [-0.2, 0) is 0 Å². The van der Waals surface area contributed by atoms with Gasteiger partial charge in [0.15, 0.2) is 5.82 Å². The maximum Gasteiger partial charge on any atom is 0.160 e. The topological polar surface area (TPSA) is 48.8 Å². The zero-order valence-electron chi connectivity index (χ0n) is 32.8. The molecule has 4 heterocycles. The van der Waals surface area contributed by atoms with Crippen molar-refractivity contribution < 1.29 is 4.42 Å². The standard InChI is InChI=1S/C56H34N4O/c1-4-17-36(18-5-1)47-34-48(58-56(57-47)37-19-6-2-7-20-37)46-33-45-42-25-13-15-27-51(42)61-55(45)52-43-30-28-35-16-10-11-23-40(35)53(43)60(54(46)52)39-29-31-50-44(32-39)41-24-12-14-26-49(41)59(50)38-21-8-3-9-22-38/h1-34H. The van der Waals surface area contributed by atoms with Crippen molar-refractivity contribution in [2.75, 3.05) is 0 Å². The molecule has 9 aromatic carbocycles. The number of aromatic nitrogens is 4. The second kappa shape index (κ2) is 13.1. The summed E-state index contributed by atoms with van der Waals surface area (Å²) in [5.41, 5.74) is 13.0. The lowest BCUT2D eigenvalue weighted by Gasteiger charge is -2.15. The van der Waals surface area contributed by atoms with Crippen LogP contribution in [0, 0.1) is 0 Å². The second-order valence-corrected chi connectivity index (χ2v) is 15.7. The molecule has 13 aromatic rings. The summed E-state index contributed by atoms with van der Waals surface area (Å²) in [4.78, 5) is 10.7. The summed E-state index contributed by atoms with van der Waals surface area (Å²) in [7, 11) is 0. The zero-order chi connectivity index (χ0) is 40.0. The van der Waals surface area contributed by atoms with Crippen LogP contribution in [0.4, 0.5) is 0 Å². The Morgan fingerprint density at radius 1 is 0.377 bits per heavy atom. The number of hydrogen-bond donors (Lipinski definition) is 0. The molecule has 0 aliphatic carbocycles. The highest BCUT2D eigenvalue weighted by molar-refractivity contribution is 6.30. The Morgan fingerprint density at radius 2 is 1.03 bits per heavy atom. The van der Waals surface area contributed by atoms with Crippen molar-refractivity contribution in [3.8, 4) is 45.3 Å². The summed E-state index contributed by atoms with van der Waals surface area (Å²) in [6.45, 7) is 0. The summed E-state index contributed by atoms with van der Waals surface area (Å²) < 4.78 is 11.8. The Labute approximate surface area is 350 Å². The molecule has 5 heteroatoms. The SMILES string of the molecule is c1ccc(-c2cc(-c3cc4c5ccccc5oc4c4c5ccc6ccccc6c5n(-c5ccc6c(c5)c5ccccc5n6-c5ccccc5)c34)nc(-c3ccccc3)n2)cc1. The highest BCUT2D eigenvalue weighted by Gasteiger charge is 2.26. The molecule has 5 nitrogen and oxygen atoms in total. The first-order chi connectivity index (χ1) is 30.3. The van der Waals surface area contributed by atoms with Crippen LogP contribution in [0.25, 0.3) is 122 Å². The molecule has 0 amide bonds. The average Bonchev–Trinajstić information content (AvgIpc) is 4.00. The molecule has 0 aliphatic heterocycles. The van der Waals surface area contributed by atoms with E-state index in [0.29, 0.717) is 5.82 Å². The number of benzene rings is 9. The molecule has 0 bridgehead atoms. The van der Waals surface area contributed by atoms with Gasteiger partial charge in [-0.25, -0.2) is 9.97 Å². The molecule has 0 spiro atoms. The maximum absolute atomic E-state index is 6.94. The first-order valence-corrected chi connectivity index (χ1v) is 20.7. The summed E-state index contributed by atoms with van der Waals surface area (Å²) >= 11 is 0. The molecule has 0 saturated carbocycles. The molecule has 0 N–H and O–H groups in total. The minimum Gasteiger partial charge on any atom is -0.455 e. The Morgan fingerprint density at radius 3 is 1.85 bits per heavy atom. The van der Waals surface area contributed by atoms with Crippen LogP contribution >= 0.6 is 0 Å². The van der Waals surface area contributed by atoms with Gasteiger partial charge in [-0.1, -0.05) is 152 Å². The molecule has 0 atom stereocenters. The summed E-state index contributed by atoms with van der Waals surface area (Å²) in [6, 6.07) is 73.0. The first-order valence-electron chi connectivity index (χ1n) is 20.7. The van der Waals surface area contributed by atoms with Crippen molar-refractivity contribution in [3.05, 3.63) is 206 Å². The van der Waals surface area contributed by atoms with Crippen molar-refractivity contribution in [1.82, 2.24) is 19.1 Å². The number of fused-ring (bicyclic) bond motifs is 12. The fourth-order valence-electron chi connectivity index (χ4n) is 9.61. The van der Waals surface area contributed by atoms with Crippen LogP contribution in [0.3, 0.4) is 0 Å². The molecule has 0 unspecified atom stereocenters. The number of hydrogen-bond acceptors (Lipinski definition) is 3. The lowest BCUT2D eigenvalue weighted by Crippen LogP contribution is -2.00. The Bertz CT molecular complexity index is 3800. The van der Waals surface area contributed by atoms with Gasteiger partial charge in [0, 0.05) is 60.4 Å². The fourth-order valence-corrected chi connectivity index (χ4v) is 9.61. The van der Waals surface area contributed by atoms with E-state index in [4.69, 9.17) is 14.4 Å². The molecule has 284 valence electrons. The highest BCUT2D eigenvalue weighted by Crippen LogP contribution is 2.47.